The van der Waals surface area contributed by atoms with Crippen molar-refractivity contribution in [2.45, 2.75) is 26.8 Å². The third kappa shape index (κ3) is 5.78. The molecule has 0 spiro atoms. The van der Waals surface area contributed by atoms with E-state index in [4.69, 9.17) is 4.74 Å². The Balaban J connectivity index is 1.55. The zero-order valence-corrected chi connectivity index (χ0v) is 16.7. The second-order valence-corrected chi connectivity index (χ2v) is 6.78. The molecule has 1 amide bonds. The van der Waals surface area contributed by atoms with Crippen molar-refractivity contribution in [2.75, 3.05) is 13.2 Å². The number of hydrogen-bond donors (Lipinski definition) is 1. The summed E-state index contributed by atoms with van der Waals surface area (Å²) in [6.07, 6.45) is 1.84. The molecule has 0 unspecified atom stereocenters. The molecule has 1 aromatic heterocycles. The first kappa shape index (κ1) is 20.3. The van der Waals surface area contributed by atoms with Crippen molar-refractivity contribution in [3.8, 4) is 17.0 Å². The van der Waals surface area contributed by atoms with E-state index in [1.807, 2.05) is 62.4 Å². The van der Waals surface area contributed by atoms with Crippen molar-refractivity contribution in [3.63, 3.8) is 0 Å². The minimum atomic E-state index is -0.156. The van der Waals surface area contributed by atoms with Crippen molar-refractivity contribution in [3.05, 3.63) is 82.4 Å². The van der Waals surface area contributed by atoms with E-state index in [-0.39, 0.29) is 11.5 Å². The number of aromatic nitrogens is 2. The Kier molecular flexibility index (Phi) is 6.79. The molecule has 3 aromatic rings. The Morgan fingerprint density at radius 3 is 2.62 bits per heavy atom. The van der Waals surface area contributed by atoms with Gasteiger partial charge < -0.3 is 10.1 Å². The predicted molar refractivity (Wildman–Crippen MR) is 113 cm³/mol. The van der Waals surface area contributed by atoms with Gasteiger partial charge in [-0.05, 0) is 43.7 Å². The monoisotopic (exact) mass is 391 g/mol. The number of carbonyl (C=O) groups excluding carboxylic acids is 1. The number of rotatable bonds is 8. The second kappa shape index (κ2) is 9.68. The Bertz CT molecular complexity index is 1030. The SMILES string of the molecule is CCOc1ccc(-c2cc(=O)n(CCNC(=O)Cc3cccc(C)c3)cn2)cc1. The lowest BCUT2D eigenvalue weighted by atomic mass is 10.1. The van der Waals surface area contributed by atoms with E-state index in [1.54, 1.807) is 0 Å². The lowest BCUT2D eigenvalue weighted by Crippen LogP contribution is -2.31. The molecule has 0 saturated carbocycles. The largest absolute Gasteiger partial charge is 0.494 e. The highest BCUT2D eigenvalue weighted by molar-refractivity contribution is 5.78. The summed E-state index contributed by atoms with van der Waals surface area (Å²) in [4.78, 5) is 28.8. The van der Waals surface area contributed by atoms with Crippen LogP contribution in [0.5, 0.6) is 5.75 Å². The van der Waals surface area contributed by atoms with Gasteiger partial charge in [0.25, 0.3) is 5.56 Å². The van der Waals surface area contributed by atoms with Gasteiger partial charge in [-0.1, -0.05) is 29.8 Å². The van der Waals surface area contributed by atoms with E-state index in [0.717, 1.165) is 22.4 Å². The van der Waals surface area contributed by atoms with Crippen LogP contribution in [0.25, 0.3) is 11.3 Å². The first-order valence-corrected chi connectivity index (χ1v) is 9.67. The van der Waals surface area contributed by atoms with E-state index in [1.165, 1.54) is 17.0 Å². The van der Waals surface area contributed by atoms with Crippen LogP contribution in [0.2, 0.25) is 0 Å². The van der Waals surface area contributed by atoms with Crippen molar-refractivity contribution in [1.29, 1.82) is 0 Å². The lowest BCUT2D eigenvalue weighted by Gasteiger charge is -2.09. The van der Waals surface area contributed by atoms with Crippen LogP contribution in [0.3, 0.4) is 0 Å². The number of hydrogen-bond acceptors (Lipinski definition) is 4. The fraction of sp³-hybridized carbons (Fsp3) is 0.261. The number of nitrogens with one attached hydrogen (secondary N) is 1. The average molecular weight is 391 g/mol. The summed E-state index contributed by atoms with van der Waals surface area (Å²) in [5.41, 5.74) is 3.40. The number of benzene rings is 2. The summed E-state index contributed by atoms with van der Waals surface area (Å²) < 4.78 is 6.92. The Hall–Kier alpha value is -3.41. The van der Waals surface area contributed by atoms with Gasteiger partial charge >= 0.3 is 0 Å². The van der Waals surface area contributed by atoms with Crippen molar-refractivity contribution in [2.24, 2.45) is 0 Å². The van der Waals surface area contributed by atoms with E-state index < -0.39 is 0 Å². The molecule has 0 radical (unpaired) electrons. The topological polar surface area (TPSA) is 73.2 Å². The lowest BCUT2D eigenvalue weighted by molar-refractivity contribution is -0.120. The number of nitrogens with zero attached hydrogens (tertiary/aromatic N) is 2. The number of ether oxygens (including phenoxy) is 1. The van der Waals surface area contributed by atoms with Gasteiger partial charge in [0.15, 0.2) is 0 Å². The second-order valence-electron chi connectivity index (χ2n) is 6.78. The first-order chi connectivity index (χ1) is 14.0. The Morgan fingerprint density at radius 2 is 1.93 bits per heavy atom. The molecular weight excluding hydrogens is 366 g/mol. The molecule has 0 fully saturated rings. The molecule has 1 heterocycles. The van der Waals surface area contributed by atoms with Crippen LogP contribution in [0, 0.1) is 6.92 Å². The van der Waals surface area contributed by atoms with Gasteiger partial charge in [0.1, 0.15) is 5.75 Å². The predicted octanol–water partition coefficient (Wildman–Crippen LogP) is 2.98. The molecule has 29 heavy (non-hydrogen) atoms. The van der Waals surface area contributed by atoms with Gasteiger partial charge in [0.05, 0.1) is 25.0 Å². The molecule has 3 rings (SSSR count). The molecule has 0 aliphatic rings. The number of carbonyl (C=O) groups is 1. The van der Waals surface area contributed by atoms with Crippen molar-refractivity contribution in [1.82, 2.24) is 14.9 Å². The normalized spacial score (nSPS) is 10.6. The highest BCUT2D eigenvalue weighted by Gasteiger charge is 2.06. The summed E-state index contributed by atoms with van der Waals surface area (Å²) in [6.45, 7) is 5.27. The Labute approximate surface area is 170 Å². The third-order valence-electron chi connectivity index (χ3n) is 4.46. The standard InChI is InChI=1S/C23H25N3O3/c1-3-29-20-9-7-19(8-10-20)21-15-23(28)26(16-25-21)12-11-24-22(27)14-18-6-4-5-17(2)13-18/h4-10,13,15-16H,3,11-12,14H2,1-2H3,(H,24,27). The summed E-state index contributed by atoms with van der Waals surface area (Å²) >= 11 is 0. The molecule has 0 saturated heterocycles. The van der Waals surface area contributed by atoms with E-state index in [2.05, 4.69) is 10.3 Å². The number of amides is 1. The van der Waals surface area contributed by atoms with Crippen LogP contribution >= 0.6 is 0 Å². The zero-order chi connectivity index (χ0) is 20.6. The van der Waals surface area contributed by atoms with E-state index >= 15 is 0 Å². The van der Waals surface area contributed by atoms with Crippen molar-refractivity contribution < 1.29 is 9.53 Å². The molecule has 2 aromatic carbocycles. The maximum atomic E-state index is 12.4. The molecule has 150 valence electrons. The number of aryl methyl sites for hydroxylation is 1. The molecule has 6 heteroatoms. The quantitative estimate of drug-likeness (QED) is 0.641. The highest BCUT2D eigenvalue weighted by Crippen LogP contribution is 2.19. The van der Waals surface area contributed by atoms with E-state index in [9.17, 15) is 9.59 Å². The third-order valence-corrected chi connectivity index (χ3v) is 4.46. The minimum absolute atomic E-state index is 0.0670. The summed E-state index contributed by atoms with van der Waals surface area (Å²) in [6, 6.07) is 16.8. The van der Waals surface area contributed by atoms with Gasteiger partial charge in [0.2, 0.25) is 5.91 Å². The van der Waals surface area contributed by atoms with Crippen LogP contribution in [-0.2, 0) is 17.8 Å². The summed E-state index contributed by atoms with van der Waals surface area (Å²) in [5, 5.41) is 2.85. The van der Waals surface area contributed by atoms with Crippen LogP contribution in [0.15, 0.2) is 65.7 Å². The molecule has 0 atom stereocenters. The first-order valence-electron chi connectivity index (χ1n) is 9.67. The smallest absolute Gasteiger partial charge is 0.253 e. The maximum absolute atomic E-state index is 12.4. The zero-order valence-electron chi connectivity index (χ0n) is 16.7. The van der Waals surface area contributed by atoms with Crippen LogP contribution in [0.1, 0.15) is 18.1 Å². The molecule has 0 aliphatic carbocycles. The van der Waals surface area contributed by atoms with Gasteiger partial charge in [-0.15, -0.1) is 0 Å². The van der Waals surface area contributed by atoms with Gasteiger partial charge in [-0.2, -0.15) is 0 Å². The minimum Gasteiger partial charge on any atom is -0.494 e. The van der Waals surface area contributed by atoms with Gasteiger partial charge in [-0.3, -0.25) is 14.2 Å². The molecular formula is C23H25N3O3. The highest BCUT2D eigenvalue weighted by atomic mass is 16.5. The fourth-order valence-corrected chi connectivity index (χ4v) is 3.03. The summed E-state index contributed by atoms with van der Waals surface area (Å²) in [7, 11) is 0. The molecule has 1 N–H and O–H groups in total. The van der Waals surface area contributed by atoms with Gasteiger partial charge in [0, 0.05) is 24.7 Å². The molecule has 0 aliphatic heterocycles. The maximum Gasteiger partial charge on any atom is 0.253 e. The fourth-order valence-electron chi connectivity index (χ4n) is 3.03. The van der Waals surface area contributed by atoms with E-state index in [0.29, 0.717) is 31.8 Å². The molecule has 0 bridgehead atoms. The van der Waals surface area contributed by atoms with Crippen LogP contribution in [0.4, 0.5) is 0 Å². The van der Waals surface area contributed by atoms with Crippen LogP contribution < -0.4 is 15.6 Å². The summed E-state index contributed by atoms with van der Waals surface area (Å²) in [5.74, 6) is 0.716. The van der Waals surface area contributed by atoms with Crippen molar-refractivity contribution >= 4 is 5.91 Å². The average Bonchev–Trinajstić information content (AvgIpc) is 2.70. The van der Waals surface area contributed by atoms with Crippen LogP contribution in [-0.4, -0.2) is 28.6 Å². The molecule has 6 nitrogen and oxygen atoms in total. The van der Waals surface area contributed by atoms with Gasteiger partial charge in [-0.25, -0.2) is 4.98 Å². The Morgan fingerprint density at radius 1 is 1.14 bits per heavy atom.